The standard InChI is InChI=1S/C11H13N3O4/c1-7(15)13-9-4-2-8(3-5-9)11(17)14-18-6-10(12)16/h2-5H,6H2,1H3,(H2,12,16)(H,13,15)(H,14,17). The molecule has 0 spiro atoms. The molecule has 3 amide bonds. The second-order valence-electron chi connectivity index (χ2n) is 3.44. The van der Waals surface area contributed by atoms with E-state index in [1.807, 2.05) is 0 Å². The number of rotatable bonds is 5. The molecule has 1 aromatic rings. The molecule has 0 aliphatic heterocycles. The fourth-order valence-corrected chi connectivity index (χ4v) is 1.14. The molecule has 1 aromatic carbocycles. The number of primary amides is 1. The zero-order valence-corrected chi connectivity index (χ0v) is 9.73. The van der Waals surface area contributed by atoms with E-state index in [4.69, 9.17) is 5.73 Å². The van der Waals surface area contributed by atoms with Crippen molar-refractivity contribution < 1.29 is 19.2 Å². The van der Waals surface area contributed by atoms with E-state index in [1.165, 1.54) is 19.1 Å². The molecule has 0 fully saturated rings. The molecule has 0 atom stereocenters. The first kappa shape index (κ1) is 13.7. The van der Waals surface area contributed by atoms with E-state index in [0.29, 0.717) is 11.3 Å². The summed E-state index contributed by atoms with van der Waals surface area (Å²) in [4.78, 5) is 37.2. The van der Waals surface area contributed by atoms with Crippen molar-refractivity contribution in [3.8, 4) is 0 Å². The molecule has 0 aromatic heterocycles. The Kier molecular flexibility index (Phi) is 4.82. The number of amides is 3. The molecule has 0 bridgehead atoms. The summed E-state index contributed by atoms with van der Waals surface area (Å²) in [5.41, 5.74) is 7.80. The molecule has 7 nitrogen and oxygen atoms in total. The molecule has 18 heavy (non-hydrogen) atoms. The molecule has 0 aliphatic rings. The van der Waals surface area contributed by atoms with Crippen molar-refractivity contribution >= 4 is 23.4 Å². The lowest BCUT2D eigenvalue weighted by Crippen LogP contribution is -2.29. The molecular weight excluding hydrogens is 238 g/mol. The van der Waals surface area contributed by atoms with Gasteiger partial charge in [0.25, 0.3) is 5.91 Å². The van der Waals surface area contributed by atoms with Gasteiger partial charge in [0.1, 0.15) is 0 Å². The monoisotopic (exact) mass is 251 g/mol. The van der Waals surface area contributed by atoms with E-state index in [1.54, 1.807) is 12.1 Å². The highest BCUT2D eigenvalue weighted by Crippen LogP contribution is 2.09. The van der Waals surface area contributed by atoms with Gasteiger partial charge < -0.3 is 11.1 Å². The summed E-state index contributed by atoms with van der Waals surface area (Å²) in [5.74, 6) is -1.39. The number of hydroxylamine groups is 1. The van der Waals surface area contributed by atoms with Crippen LogP contribution in [0.4, 0.5) is 5.69 Å². The number of hydrogen-bond donors (Lipinski definition) is 3. The van der Waals surface area contributed by atoms with Crippen LogP contribution in [0.2, 0.25) is 0 Å². The minimum absolute atomic E-state index is 0.197. The van der Waals surface area contributed by atoms with Crippen LogP contribution >= 0.6 is 0 Å². The first-order valence-corrected chi connectivity index (χ1v) is 5.07. The first-order valence-electron chi connectivity index (χ1n) is 5.07. The molecule has 7 heteroatoms. The van der Waals surface area contributed by atoms with Crippen LogP contribution < -0.4 is 16.5 Å². The van der Waals surface area contributed by atoms with E-state index in [-0.39, 0.29) is 5.91 Å². The largest absolute Gasteiger partial charge is 0.368 e. The number of hydrogen-bond acceptors (Lipinski definition) is 4. The highest BCUT2D eigenvalue weighted by atomic mass is 16.7. The molecule has 96 valence electrons. The Morgan fingerprint density at radius 1 is 1.22 bits per heavy atom. The molecule has 0 aliphatic carbocycles. The highest BCUT2D eigenvalue weighted by Gasteiger charge is 2.06. The lowest BCUT2D eigenvalue weighted by atomic mass is 10.2. The van der Waals surface area contributed by atoms with Crippen LogP contribution in [0.3, 0.4) is 0 Å². The fraction of sp³-hybridized carbons (Fsp3) is 0.182. The average molecular weight is 251 g/mol. The van der Waals surface area contributed by atoms with Crippen LogP contribution in [-0.4, -0.2) is 24.3 Å². The Labute approximate surface area is 103 Å². The second kappa shape index (κ2) is 6.36. The molecule has 1 rings (SSSR count). The molecular formula is C11H13N3O4. The van der Waals surface area contributed by atoms with Gasteiger partial charge in [-0.15, -0.1) is 0 Å². The summed E-state index contributed by atoms with van der Waals surface area (Å²) >= 11 is 0. The molecule has 0 saturated carbocycles. The number of anilines is 1. The Hall–Kier alpha value is -2.41. The van der Waals surface area contributed by atoms with Crippen molar-refractivity contribution in [1.82, 2.24) is 5.48 Å². The lowest BCUT2D eigenvalue weighted by Gasteiger charge is -2.05. The maximum Gasteiger partial charge on any atom is 0.274 e. The van der Waals surface area contributed by atoms with Crippen LogP contribution in [0.15, 0.2) is 24.3 Å². The van der Waals surface area contributed by atoms with Gasteiger partial charge in [-0.3, -0.25) is 19.2 Å². The Morgan fingerprint density at radius 2 is 1.83 bits per heavy atom. The highest BCUT2D eigenvalue weighted by molar-refractivity contribution is 5.95. The van der Waals surface area contributed by atoms with E-state index in [0.717, 1.165) is 0 Å². The zero-order valence-electron chi connectivity index (χ0n) is 9.73. The summed E-state index contributed by atoms with van der Waals surface area (Å²) in [7, 11) is 0. The minimum atomic E-state index is -0.684. The third-order valence-corrected chi connectivity index (χ3v) is 1.85. The fourth-order valence-electron chi connectivity index (χ4n) is 1.14. The molecule has 0 radical (unpaired) electrons. The van der Waals surface area contributed by atoms with Gasteiger partial charge in [0.05, 0.1) is 0 Å². The maximum atomic E-state index is 11.5. The summed E-state index contributed by atoms with van der Waals surface area (Å²) in [6.07, 6.45) is 0. The van der Waals surface area contributed by atoms with Crippen molar-refractivity contribution in [3.63, 3.8) is 0 Å². The van der Waals surface area contributed by atoms with Crippen molar-refractivity contribution in [3.05, 3.63) is 29.8 Å². The van der Waals surface area contributed by atoms with Crippen LogP contribution in [0.5, 0.6) is 0 Å². The summed E-state index contributed by atoms with van der Waals surface area (Å²) < 4.78 is 0. The second-order valence-corrected chi connectivity index (χ2v) is 3.44. The summed E-state index contributed by atoms with van der Waals surface area (Å²) in [6.45, 7) is 0.994. The summed E-state index contributed by atoms with van der Waals surface area (Å²) in [5, 5.41) is 2.57. The van der Waals surface area contributed by atoms with E-state index in [9.17, 15) is 14.4 Å². The third-order valence-electron chi connectivity index (χ3n) is 1.85. The van der Waals surface area contributed by atoms with Crippen LogP contribution in [0.1, 0.15) is 17.3 Å². The van der Waals surface area contributed by atoms with Gasteiger partial charge in [0, 0.05) is 18.2 Å². The van der Waals surface area contributed by atoms with Crippen LogP contribution in [0, 0.1) is 0 Å². The zero-order chi connectivity index (χ0) is 13.5. The van der Waals surface area contributed by atoms with Gasteiger partial charge >= 0.3 is 0 Å². The van der Waals surface area contributed by atoms with Crippen LogP contribution in [-0.2, 0) is 14.4 Å². The predicted octanol–water partition coefficient (Wildman–Crippen LogP) is -0.208. The van der Waals surface area contributed by atoms with Gasteiger partial charge in [-0.05, 0) is 24.3 Å². The van der Waals surface area contributed by atoms with Gasteiger partial charge in [0.2, 0.25) is 11.8 Å². The van der Waals surface area contributed by atoms with Crippen molar-refractivity contribution in [2.24, 2.45) is 5.73 Å². The molecule has 0 heterocycles. The average Bonchev–Trinajstić information content (AvgIpc) is 2.28. The van der Waals surface area contributed by atoms with E-state index in [2.05, 4.69) is 15.6 Å². The van der Waals surface area contributed by atoms with E-state index < -0.39 is 18.4 Å². The quantitative estimate of drug-likeness (QED) is 0.629. The molecule has 0 unspecified atom stereocenters. The number of nitrogens with two attached hydrogens (primary N) is 1. The van der Waals surface area contributed by atoms with Gasteiger partial charge in [-0.25, -0.2) is 5.48 Å². The predicted molar refractivity (Wildman–Crippen MR) is 63.4 cm³/mol. The normalized spacial score (nSPS) is 9.61. The van der Waals surface area contributed by atoms with Gasteiger partial charge in [0.15, 0.2) is 6.61 Å². The van der Waals surface area contributed by atoms with Crippen LogP contribution in [0.25, 0.3) is 0 Å². The number of carbonyl (C=O) groups excluding carboxylic acids is 3. The smallest absolute Gasteiger partial charge is 0.274 e. The van der Waals surface area contributed by atoms with Gasteiger partial charge in [-0.1, -0.05) is 0 Å². The van der Waals surface area contributed by atoms with E-state index >= 15 is 0 Å². The minimum Gasteiger partial charge on any atom is -0.368 e. The first-order chi connectivity index (χ1) is 8.49. The van der Waals surface area contributed by atoms with Crippen molar-refractivity contribution in [2.45, 2.75) is 6.92 Å². The summed E-state index contributed by atoms with van der Waals surface area (Å²) in [6, 6.07) is 6.16. The third kappa shape index (κ3) is 4.62. The Bertz CT molecular complexity index is 456. The van der Waals surface area contributed by atoms with Crippen molar-refractivity contribution in [2.75, 3.05) is 11.9 Å². The topological polar surface area (TPSA) is 111 Å². The van der Waals surface area contributed by atoms with Crippen molar-refractivity contribution in [1.29, 1.82) is 0 Å². The molecule has 4 N–H and O–H groups in total. The maximum absolute atomic E-state index is 11.5. The number of benzene rings is 1. The lowest BCUT2D eigenvalue weighted by molar-refractivity contribution is -0.124. The number of nitrogens with one attached hydrogen (secondary N) is 2. The molecule has 0 saturated heterocycles. The SMILES string of the molecule is CC(=O)Nc1ccc(C(=O)NOCC(N)=O)cc1. The Morgan fingerprint density at radius 3 is 2.33 bits per heavy atom. The Balaban J connectivity index is 2.53. The number of carbonyl (C=O) groups is 3. The van der Waals surface area contributed by atoms with Gasteiger partial charge in [-0.2, -0.15) is 0 Å².